The van der Waals surface area contributed by atoms with Crippen LogP contribution in [0.3, 0.4) is 0 Å². The van der Waals surface area contributed by atoms with Crippen molar-refractivity contribution in [1.29, 1.82) is 0 Å². The average Bonchev–Trinajstić information content (AvgIpc) is 3.47. The molecule has 5 rings (SSSR count). The Morgan fingerprint density at radius 2 is 1.93 bits per heavy atom. The Labute approximate surface area is 177 Å². The fourth-order valence-electron chi connectivity index (χ4n) is 5.16. The van der Waals surface area contributed by atoms with Crippen molar-refractivity contribution in [3.63, 3.8) is 0 Å². The Bertz CT molecular complexity index is 892. The van der Waals surface area contributed by atoms with Crippen LogP contribution in [0.1, 0.15) is 59.8 Å². The summed E-state index contributed by atoms with van der Waals surface area (Å²) in [7, 11) is 0. The summed E-state index contributed by atoms with van der Waals surface area (Å²) >= 11 is 0. The second-order valence-corrected chi connectivity index (χ2v) is 8.96. The van der Waals surface area contributed by atoms with Crippen molar-refractivity contribution in [3.05, 3.63) is 47.3 Å². The maximum Gasteiger partial charge on any atom is 0.251 e. The predicted molar refractivity (Wildman–Crippen MR) is 111 cm³/mol. The summed E-state index contributed by atoms with van der Waals surface area (Å²) in [6, 6.07) is 7.46. The third-order valence-corrected chi connectivity index (χ3v) is 6.85. The van der Waals surface area contributed by atoms with E-state index >= 15 is 0 Å². The molecule has 3 heterocycles. The first kappa shape index (κ1) is 19.7. The molecule has 2 saturated heterocycles. The summed E-state index contributed by atoms with van der Waals surface area (Å²) in [6.45, 7) is 2.92. The van der Waals surface area contributed by atoms with Crippen LogP contribution in [0.2, 0.25) is 0 Å². The Hall–Kier alpha value is -2.25. The number of ether oxygens (including phenoxy) is 2. The molecule has 3 aliphatic rings. The molecule has 0 radical (unpaired) electrons. The van der Waals surface area contributed by atoms with Crippen LogP contribution < -0.4 is 5.32 Å². The smallest absolute Gasteiger partial charge is 0.251 e. The topological polar surface area (TPSA) is 78.3 Å². The quantitative estimate of drug-likeness (QED) is 0.820. The monoisotopic (exact) mass is 410 g/mol. The van der Waals surface area contributed by atoms with E-state index in [9.17, 15) is 4.79 Å². The number of fused-ring (bicyclic) bond motifs is 1. The molecule has 7 nitrogen and oxygen atoms in total. The first-order valence-corrected chi connectivity index (χ1v) is 11.2. The van der Waals surface area contributed by atoms with E-state index in [-0.39, 0.29) is 30.2 Å². The third-order valence-electron chi connectivity index (χ3n) is 6.85. The van der Waals surface area contributed by atoms with Crippen molar-refractivity contribution in [2.75, 3.05) is 13.2 Å². The molecule has 2 aromatic rings. The van der Waals surface area contributed by atoms with Crippen molar-refractivity contribution in [2.24, 2.45) is 5.92 Å². The molecule has 3 fully saturated rings. The van der Waals surface area contributed by atoms with Gasteiger partial charge in [-0.15, -0.1) is 5.10 Å². The fourth-order valence-corrected chi connectivity index (χ4v) is 5.16. The van der Waals surface area contributed by atoms with Crippen molar-refractivity contribution < 1.29 is 14.3 Å². The molecule has 1 saturated carbocycles. The number of aromatic nitrogens is 3. The maximum atomic E-state index is 12.7. The molecule has 160 valence electrons. The van der Waals surface area contributed by atoms with Gasteiger partial charge in [-0.05, 0) is 30.9 Å². The van der Waals surface area contributed by atoms with Gasteiger partial charge < -0.3 is 14.8 Å². The largest absolute Gasteiger partial charge is 0.371 e. The lowest BCUT2D eigenvalue weighted by Gasteiger charge is -2.20. The lowest BCUT2D eigenvalue weighted by molar-refractivity contribution is 0.0613. The molecule has 1 aliphatic carbocycles. The van der Waals surface area contributed by atoms with Gasteiger partial charge in [-0.2, -0.15) is 0 Å². The molecule has 7 heteroatoms. The lowest BCUT2D eigenvalue weighted by Crippen LogP contribution is -2.44. The van der Waals surface area contributed by atoms with Gasteiger partial charge in [0.05, 0.1) is 24.9 Å². The highest BCUT2D eigenvalue weighted by Gasteiger charge is 2.49. The number of carbonyl (C=O) groups is 1. The predicted octanol–water partition coefficient (Wildman–Crippen LogP) is 2.85. The Kier molecular flexibility index (Phi) is 5.56. The second-order valence-electron chi connectivity index (χ2n) is 8.96. The fraction of sp³-hybridized carbons (Fsp3) is 0.609. The molecular formula is C23H30N4O3. The second kappa shape index (κ2) is 8.47. The van der Waals surface area contributed by atoms with Crippen LogP contribution in [0.5, 0.6) is 0 Å². The van der Waals surface area contributed by atoms with E-state index in [1.165, 1.54) is 32.1 Å². The number of nitrogens with one attached hydrogen (secondary N) is 1. The van der Waals surface area contributed by atoms with E-state index in [4.69, 9.17) is 9.47 Å². The van der Waals surface area contributed by atoms with Gasteiger partial charge in [0.15, 0.2) is 0 Å². The highest BCUT2D eigenvalue weighted by Crippen LogP contribution is 2.34. The number of benzene rings is 1. The number of hydrogen-bond acceptors (Lipinski definition) is 5. The van der Waals surface area contributed by atoms with E-state index in [2.05, 4.69) is 21.8 Å². The molecule has 30 heavy (non-hydrogen) atoms. The maximum absolute atomic E-state index is 12.7. The molecule has 0 unspecified atom stereocenters. The lowest BCUT2D eigenvalue weighted by atomic mass is 9.86. The molecule has 1 aromatic heterocycles. The summed E-state index contributed by atoms with van der Waals surface area (Å²) in [6.07, 6.45) is 9.44. The summed E-state index contributed by atoms with van der Waals surface area (Å²) < 4.78 is 14.0. The van der Waals surface area contributed by atoms with Crippen LogP contribution in [0, 0.1) is 12.8 Å². The standard InChI is InChI=1S/C23H30N4O3/c1-15-7-5-6-10-18(15)23(28)24-19-13-29-22-20(14-30-21(19)22)27-12-17(25-26-27)11-16-8-3-2-4-9-16/h5-7,10,12,16,19-22H,2-4,8-9,11,13-14H2,1H3,(H,24,28)/t19-,20-,21+,22+/m0/s1. The molecule has 0 bridgehead atoms. The summed E-state index contributed by atoms with van der Waals surface area (Å²) in [5.74, 6) is 0.658. The van der Waals surface area contributed by atoms with E-state index in [1.54, 1.807) is 0 Å². The van der Waals surface area contributed by atoms with Crippen molar-refractivity contribution in [1.82, 2.24) is 20.3 Å². The van der Waals surface area contributed by atoms with Crippen molar-refractivity contribution in [2.45, 2.75) is 69.7 Å². The van der Waals surface area contributed by atoms with E-state index in [0.717, 1.165) is 23.6 Å². The average molecular weight is 411 g/mol. The number of carbonyl (C=O) groups excluding carboxylic acids is 1. The van der Waals surface area contributed by atoms with Gasteiger partial charge in [-0.25, -0.2) is 4.68 Å². The molecule has 1 aromatic carbocycles. The Morgan fingerprint density at radius 1 is 1.13 bits per heavy atom. The molecule has 1 amide bonds. The Morgan fingerprint density at radius 3 is 2.77 bits per heavy atom. The van der Waals surface area contributed by atoms with Gasteiger partial charge in [0, 0.05) is 11.8 Å². The van der Waals surface area contributed by atoms with Crippen LogP contribution in [0.15, 0.2) is 30.5 Å². The summed E-state index contributed by atoms with van der Waals surface area (Å²) in [5, 5.41) is 11.9. The number of hydrogen-bond donors (Lipinski definition) is 1. The van der Waals surface area contributed by atoms with E-state index in [0.29, 0.717) is 18.8 Å². The summed E-state index contributed by atoms with van der Waals surface area (Å²) in [5.41, 5.74) is 2.72. The van der Waals surface area contributed by atoms with Gasteiger partial charge in [0.25, 0.3) is 5.91 Å². The first-order valence-electron chi connectivity index (χ1n) is 11.2. The number of amides is 1. The van der Waals surface area contributed by atoms with Crippen LogP contribution in [-0.4, -0.2) is 52.4 Å². The van der Waals surface area contributed by atoms with E-state index in [1.807, 2.05) is 35.9 Å². The van der Waals surface area contributed by atoms with Crippen LogP contribution in [0.4, 0.5) is 0 Å². The molecular weight excluding hydrogens is 380 g/mol. The van der Waals surface area contributed by atoms with Gasteiger partial charge in [0.1, 0.15) is 18.2 Å². The zero-order chi connectivity index (χ0) is 20.5. The Balaban J connectivity index is 1.21. The number of aryl methyl sites for hydroxylation is 1. The highest BCUT2D eigenvalue weighted by molar-refractivity contribution is 5.95. The van der Waals surface area contributed by atoms with Gasteiger partial charge >= 0.3 is 0 Å². The SMILES string of the molecule is Cc1ccccc1C(=O)N[C@H]1CO[C@H]2[C@@H]1OC[C@@H]2n1cc(CC2CCCCC2)nn1. The number of rotatable bonds is 5. The third kappa shape index (κ3) is 3.88. The zero-order valence-corrected chi connectivity index (χ0v) is 17.5. The summed E-state index contributed by atoms with van der Waals surface area (Å²) in [4.78, 5) is 12.7. The van der Waals surface area contributed by atoms with Gasteiger partial charge in [-0.3, -0.25) is 4.79 Å². The first-order chi connectivity index (χ1) is 14.7. The normalized spacial score (nSPS) is 29.1. The van der Waals surface area contributed by atoms with Crippen molar-refractivity contribution >= 4 is 5.91 Å². The van der Waals surface area contributed by atoms with E-state index < -0.39 is 0 Å². The minimum atomic E-state index is -0.158. The molecule has 2 aliphatic heterocycles. The minimum Gasteiger partial charge on any atom is -0.371 e. The van der Waals surface area contributed by atoms with Crippen LogP contribution in [-0.2, 0) is 15.9 Å². The van der Waals surface area contributed by atoms with Crippen molar-refractivity contribution in [3.8, 4) is 0 Å². The van der Waals surface area contributed by atoms with Crippen LogP contribution in [0.25, 0.3) is 0 Å². The zero-order valence-electron chi connectivity index (χ0n) is 17.5. The minimum absolute atomic E-state index is 0.00275. The van der Waals surface area contributed by atoms with Gasteiger partial charge in [-0.1, -0.05) is 55.5 Å². The molecule has 1 N–H and O–H groups in total. The van der Waals surface area contributed by atoms with Crippen LogP contribution >= 0.6 is 0 Å². The van der Waals surface area contributed by atoms with Gasteiger partial charge in [0.2, 0.25) is 0 Å². The molecule has 4 atom stereocenters. The number of nitrogens with zero attached hydrogens (tertiary/aromatic N) is 3. The highest BCUT2D eigenvalue weighted by atomic mass is 16.6. The molecule has 0 spiro atoms.